The van der Waals surface area contributed by atoms with E-state index in [-0.39, 0.29) is 4.90 Å². The summed E-state index contributed by atoms with van der Waals surface area (Å²) in [5, 5.41) is 12.3. The van der Waals surface area contributed by atoms with Gasteiger partial charge < -0.3 is 0 Å². The average Bonchev–Trinajstić information content (AvgIpc) is 2.47. The van der Waals surface area contributed by atoms with E-state index >= 15 is 0 Å². The van der Waals surface area contributed by atoms with Gasteiger partial charge in [0.25, 0.3) is 0 Å². The van der Waals surface area contributed by atoms with Crippen LogP contribution in [0, 0.1) is 0 Å². The maximum Gasteiger partial charge on any atom is 0.239 e. The van der Waals surface area contributed by atoms with Crippen LogP contribution in [0.1, 0.15) is 0 Å². The maximum absolute atomic E-state index is 10.9. The summed E-state index contributed by atoms with van der Waals surface area (Å²) in [5.74, 6) is 0. The molecular weight excluding hydrogens is 192 g/mol. The molecule has 0 bridgehead atoms. The fourth-order valence-corrected chi connectivity index (χ4v) is 1.49. The second kappa shape index (κ2) is 2.51. The van der Waals surface area contributed by atoms with E-state index in [2.05, 4.69) is 10.2 Å². The number of sulfonamides is 1. The van der Waals surface area contributed by atoms with Gasteiger partial charge in [-0.1, -0.05) is 0 Å². The largest absolute Gasteiger partial charge is 0.288 e. The Morgan fingerprint density at radius 1 is 1.38 bits per heavy atom. The molecule has 6 nitrogen and oxygen atoms in total. The monoisotopic (exact) mass is 198 g/mol. The molecule has 0 atom stereocenters. The van der Waals surface area contributed by atoms with Crippen LogP contribution in [-0.4, -0.2) is 23.0 Å². The van der Waals surface area contributed by atoms with Gasteiger partial charge in [0.1, 0.15) is 6.33 Å². The van der Waals surface area contributed by atoms with E-state index in [4.69, 9.17) is 5.14 Å². The summed E-state index contributed by atoms with van der Waals surface area (Å²) in [7, 11) is -3.65. The Morgan fingerprint density at radius 3 is 2.85 bits per heavy atom. The first kappa shape index (κ1) is 8.14. The highest BCUT2D eigenvalue weighted by molar-refractivity contribution is 7.89. The van der Waals surface area contributed by atoms with Gasteiger partial charge in [-0.05, 0) is 12.1 Å². The minimum atomic E-state index is -3.65. The number of fused-ring (bicyclic) bond motifs is 1. The predicted octanol–water partition coefficient (Wildman–Crippen LogP) is -0.623. The summed E-state index contributed by atoms with van der Waals surface area (Å²) in [6, 6.07) is 2.92. The summed E-state index contributed by atoms with van der Waals surface area (Å²) in [6.45, 7) is 0. The molecule has 0 unspecified atom stereocenters. The minimum Gasteiger partial charge on any atom is -0.288 e. The molecule has 2 N–H and O–H groups in total. The van der Waals surface area contributed by atoms with Gasteiger partial charge in [0.05, 0.1) is 4.90 Å². The average molecular weight is 198 g/mol. The second-order valence-corrected chi connectivity index (χ2v) is 4.07. The highest BCUT2D eigenvalue weighted by atomic mass is 32.2. The fraction of sp³-hybridized carbons (Fsp3) is 0. The van der Waals surface area contributed by atoms with E-state index in [1.807, 2.05) is 0 Å². The number of nitrogens with zero attached hydrogens (tertiary/aromatic N) is 3. The van der Waals surface area contributed by atoms with Crippen molar-refractivity contribution in [3.8, 4) is 0 Å². The normalized spacial score (nSPS) is 12.1. The molecule has 2 rings (SSSR count). The molecule has 0 amide bonds. The lowest BCUT2D eigenvalue weighted by molar-refractivity contribution is 0.597. The molecule has 0 aliphatic rings. The van der Waals surface area contributed by atoms with Gasteiger partial charge >= 0.3 is 0 Å². The zero-order chi connectivity index (χ0) is 9.47. The van der Waals surface area contributed by atoms with Crippen molar-refractivity contribution in [1.82, 2.24) is 14.6 Å². The molecule has 2 aromatic rings. The molecule has 0 aliphatic heterocycles. The first-order valence-corrected chi connectivity index (χ1v) is 4.94. The minimum absolute atomic E-state index is 0.0415. The smallest absolute Gasteiger partial charge is 0.239 e. The molecule has 7 heteroatoms. The Labute approximate surface area is 74.1 Å². The quantitative estimate of drug-likeness (QED) is 0.661. The Balaban J connectivity index is 2.75. The van der Waals surface area contributed by atoms with Gasteiger partial charge in [0.15, 0.2) is 5.65 Å². The highest BCUT2D eigenvalue weighted by Gasteiger charge is 2.08. The third-order valence-electron chi connectivity index (χ3n) is 1.59. The number of hydrogen-bond donors (Lipinski definition) is 1. The predicted molar refractivity (Wildman–Crippen MR) is 44.4 cm³/mol. The molecule has 0 saturated carbocycles. The van der Waals surface area contributed by atoms with Gasteiger partial charge in [-0.25, -0.2) is 13.6 Å². The number of hydrogen-bond acceptors (Lipinski definition) is 4. The van der Waals surface area contributed by atoms with E-state index in [1.165, 1.54) is 29.1 Å². The van der Waals surface area contributed by atoms with Crippen LogP contribution in [0.3, 0.4) is 0 Å². The van der Waals surface area contributed by atoms with Crippen LogP contribution in [0.5, 0.6) is 0 Å². The number of nitrogens with two attached hydrogens (primary N) is 1. The highest BCUT2D eigenvalue weighted by Crippen LogP contribution is 2.07. The summed E-state index contributed by atoms with van der Waals surface area (Å²) in [4.78, 5) is 0.0415. The van der Waals surface area contributed by atoms with Gasteiger partial charge in [-0.15, -0.1) is 10.2 Å². The third-order valence-corrected chi connectivity index (χ3v) is 2.49. The van der Waals surface area contributed by atoms with Gasteiger partial charge in [-0.2, -0.15) is 0 Å². The summed E-state index contributed by atoms with van der Waals surface area (Å²) < 4.78 is 23.3. The van der Waals surface area contributed by atoms with Crippen molar-refractivity contribution in [3.63, 3.8) is 0 Å². The van der Waals surface area contributed by atoms with E-state index < -0.39 is 10.0 Å². The summed E-state index contributed by atoms with van der Waals surface area (Å²) in [5.41, 5.74) is 0.576. The van der Waals surface area contributed by atoms with Crippen LogP contribution in [0.15, 0.2) is 29.6 Å². The van der Waals surface area contributed by atoms with Crippen LogP contribution in [0.25, 0.3) is 5.65 Å². The van der Waals surface area contributed by atoms with Crippen LogP contribution in [-0.2, 0) is 10.0 Å². The van der Waals surface area contributed by atoms with Crippen LogP contribution in [0.4, 0.5) is 0 Å². The Bertz CT molecular complexity index is 545. The number of pyridine rings is 1. The lowest BCUT2D eigenvalue weighted by atomic mass is 10.5. The molecule has 0 radical (unpaired) electrons. The maximum atomic E-state index is 10.9. The number of aromatic nitrogens is 3. The molecule has 2 aromatic heterocycles. The first-order chi connectivity index (χ1) is 6.07. The Morgan fingerprint density at radius 2 is 2.15 bits per heavy atom. The van der Waals surface area contributed by atoms with Crippen LogP contribution in [0.2, 0.25) is 0 Å². The van der Waals surface area contributed by atoms with Gasteiger partial charge in [0, 0.05) is 6.20 Å². The third kappa shape index (κ3) is 1.38. The first-order valence-electron chi connectivity index (χ1n) is 3.39. The molecule has 0 fully saturated rings. The Kier molecular flexibility index (Phi) is 1.57. The van der Waals surface area contributed by atoms with E-state index in [9.17, 15) is 8.42 Å². The van der Waals surface area contributed by atoms with Crippen molar-refractivity contribution < 1.29 is 8.42 Å². The molecule has 0 saturated heterocycles. The van der Waals surface area contributed by atoms with Crippen molar-refractivity contribution in [1.29, 1.82) is 0 Å². The molecule has 0 aliphatic carbocycles. The van der Waals surface area contributed by atoms with Crippen molar-refractivity contribution in [3.05, 3.63) is 24.7 Å². The fourth-order valence-electron chi connectivity index (χ4n) is 0.975. The standard InChI is InChI=1S/C6H6N4O2S/c7-13(11,12)5-1-2-6-9-8-4-10(6)3-5/h1-4H,(H2,7,11,12). The van der Waals surface area contributed by atoms with Crippen molar-refractivity contribution >= 4 is 15.7 Å². The molecule has 68 valence electrons. The summed E-state index contributed by atoms with van der Waals surface area (Å²) in [6.07, 6.45) is 2.77. The van der Waals surface area contributed by atoms with E-state index in [0.29, 0.717) is 5.65 Å². The van der Waals surface area contributed by atoms with E-state index in [0.717, 1.165) is 0 Å². The zero-order valence-corrected chi connectivity index (χ0v) is 7.27. The summed E-state index contributed by atoms with van der Waals surface area (Å²) >= 11 is 0. The van der Waals surface area contributed by atoms with Crippen molar-refractivity contribution in [2.75, 3.05) is 0 Å². The zero-order valence-electron chi connectivity index (χ0n) is 6.45. The van der Waals surface area contributed by atoms with Crippen LogP contribution < -0.4 is 5.14 Å². The topological polar surface area (TPSA) is 90.4 Å². The van der Waals surface area contributed by atoms with Crippen molar-refractivity contribution in [2.24, 2.45) is 5.14 Å². The molecule has 13 heavy (non-hydrogen) atoms. The number of primary sulfonamides is 1. The van der Waals surface area contributed by atoms with Crippen molar-refractivity contribution in [2.45, 2.75) is 4.90 Å². The molecule has 0 spiro atoms. The molecular formula is C6H6N4O2S. The van der Waals surface area contributed by atoms with E-state index in [1.54, 1.807) is 0 Å². The van der Waals surface area contributed by atoms with Gasteiger partial charge in [0.2, 0.25) is 10.0 Å². The SMILES string of the molecule is NS(=O)(=O)c1ccc2nncn2c1. The lowest BCUT2D eigenvalue weighted by Crippen LogP contribution is -2.12. The van der Waals surface area contributed by atoms with Crippen LogP contribution >= 0.6 is 0 Å². The molecule has 2 heterocycles. The second-order valence-electron chi connectivity index (χ2n) is 2.51. The number of rotatable bonds is 1. The Hall–Kier alpha value is -1.47. The molecule has 0 aromatic carbocycles. The lowest BCUT2D eigenvalue weighted by Gasteiger charge is -1.97. The van der Waals surface area contributed by atoms with Gasteiger partial charge in [-0.3, -0.25) is 4.40 Å².